The zero-order chi connectivity index (χ0) is 9.42. The largest absolute Gasteiger partial charge is 0.399 e. The Kier molecular flexibility index (Phi) is 1.88. The molecule has 0 spiro atoms. The summed E-state index contributed by atoms with van der Waals surface area (Å²) in [6.07, 6.45) is 0. The highest BCUT2D eigenvalue weighted by atomic mass is 79.9. The molecule has 0 aromatic heterocycles. The molecule has 0 aliphatic carbocycles. The highest BCUT2D eigenvalue weighted by Gasteiger charge is 2.01. The molecule has 0 unspecified atom stereocenters. The molecule has 2 aromatic carbocycles. The Bertz CT molecular complexity index is 466. The molecule has 4 N–H and O–H groups in total. The number of hydrogen-bond donors (Lipinski definition) is 2. The minimum absolute atomic E-state index is 0.692. The van der Waals surface area contributed by atoms with E-state index in [9.17, 15) is 0 Å². The Morgan fingerprint density at radius 2 is 1.77 bits per heavy atom. The van der Waals surface area contributed by atoms with Crippen LogP contribution in [0.15, 0.2) is 34.8 Å². The second-order valence-electron chi connectivity index (χ2n) is 2.95. The van der Waals surface area contributed by atoms with Gasteiger partial charge in [0.15, 0.2) is 0 Å². The lowest BCUT2D eigenvalue weighted by atomic mass is 10.1. The van der Waals surface area contributed by atoms with Gasteiger partial charge in [0.25, 0.3) is 0 Å². The molecule has 0 amide bonds. The molecule has 0 saturated carbocycles. The average Bonchev–Trinajstić information content (AvgIpc) is 2.07. The Morgan fingerprint density at radius 1 is 1.00 bits per heavy atom. The van der Waals surface area contributed by atoms with Crippen LogP contribution in [-0.2, 0) is 0 Å². The number of hydrogen-bond acceptors (Lipinski definition) is 2. The van der Waals surface area contributed by atoms with Gasteiger partial charge < -0.3 is 11.5 Å². The zero-order valence-electron chi connectivity index (χ0n) is 6.92. The first-order chi connectivity index (χ1) is 6.18. The van der Waals surface area contributed by atoms with Gasteiger partial charge in [0, 0.05) is 21.2 Å². The Hall–Kier alpha value is -1.22. The van der Waals surface area contributed by atoms with Gasteiger partial charge in [-0.1, -0.05) is 28.1 Å². The second kappa shape index (κ2) is 2.92. The third kappa shape index (κ3) is 1.35. The van der Waals surface area contributed by atoms with Crippen LogP contribution in [0.2, 0.25) is 0 Å². The van der Waals surface area contributed by atoms with Crippen molar-refractivity contribution >= 4 is 38.1 Å². The Balaban J connectivity index is 2.94. The van der Waals surface area contributed by atoms with Gasteiger partial charge in [-0.25, -0.2) is 0 Å². The third-order valence-corrected chi connectivity index (χ3v) is 2.69. The van der Waals surface area contributed by atoms with Gasteiger partial charge in [0.05, 0.1) is 0 Å². The van der Waals surface area contributed by atoms with E-state index in [0.29, 0.717) is 5.69 Å². The van der Waals surface area contributed by atoms with Crippen LogP contribution < -0.4 is 11.5 Å². The van der Waals surface area contributed by atoms with E-state index in [1.165, 1.54) is 0 Å². The molecular weight excluding hydrogens is 228 g/mol. The molecule has 2 aromatic rings. The van der Waals surface area contributed by atoms with Crippen molar-refractivity contribution in [2.75, 3.05) is 11.5 Å². The fourth-order valence-corrected chi connectivity index (χ4v) is 1.88. The fourth-order valence-electron chi connectivity index (χ4n) is 1.40. The van der Waals surface area contributed by atoms with Crippen LogP contribution in [0.4, 0.5) is 11.4 Å². The lowest BCUT2D eigenvalue weighted by Crippen LogP contribution is -1.91. The van der Waals surface area contributed by atoms with Crippen molar-refractivity contribution in [3.63, 3.8) is 0 Å². The molecule has 2 rings (SSSR count). The smallest absolute Gasteiger partial charge is 0.0414 e. The molecule has 0 bridgehead atoms. The maximum Gasteiger partial charge on any atom is 0.0414 e. The number of nitrogens with two attached hydrogens (primary N) is 2. The van der Waals surface area contributed by atoms with Crippen LogP contribution in [0, 0.1) is 0 Å². The SMILES string of the molecule is Nc1cc(N)c2cccc(Br)c2c1. The normalized spacial score (nSPS) is 10.5. The van der Waals surface area contributed by atoms with E-state index in [1.54, 1.807) is 6.07 Å². The summed E-state index contributed by atoms with van der Waals surface area (Å²) in [6, 6.07) is 9.60. The van der Waals surface area contributed by atoms with Gasteiger partial charge in [-0.3, -0.25) is 0 Å². The summed E-state index contributed by atoms with van der Waals surface area (Å²) >= 11 is 3.45. The van der Waals surface area contributed by atoms with Crippen molar-refractivity contribution in [2.24, 2.45) is 0 Å². The van der Waals surface area contributed by atoms with Gasteiger partial charge in [-0.2, -0.15) is 0 Å². The summed E-state index contributed by atoms with van der Waals surface area (Å²) in [5.41, 5.74) is 12.9. The minimum Gasteiger partial charge on any atom is -0.399 e. The van der Waals surface area contributed by atoms with E-state index < -0.39 is 0 Å². The molecule has 13 heavy (non-hydrogen) atoms. The Labute approximate surface area is 84.7 Å². The number of benzene rings is 2. The second-order valence-corrected chi connectivity index (χ2v) is 3.80. The predicted molar refractivity (Wildman–Crippen MR) is 60.5 cm³/mol. The molecule has 0 heterocycles. The molecule has 0 saturated heterocycles. The van der Waals surface area contributed by atoms with Gasteiger partial charge in [-0.05, 0) is 23.6 Å². The van der Waals surface area contributed by atoms with Crippen LogP contribution in [0.3, 0.4) is 0 Å². The number of rotatable bonds is 0. The van der Waals surface area contributed by atoms with Crippen LogP contribution in [0.25, 0.3) is 10.8 Å². The molecule has 2 nitrogen and oxygen atoms in total. The van der Waals surface area contributed by atoms with Crippen molar-refractivity contribution in [3.05, 3.63) is 34.8 Å². The van der Waals surface area contributed by atoms with Crippen LogP contribution in [-0.4, -0.2) is 0 Å². The van der Waals surface area contributed by atoms with E-state index in [-0.39, 0.29) is 0 Å². The first-order valence-corrected chi connectivity index (χ1v) is 4.71. The average molecular weight is 237 g/mol. The number of anilines is 2. The van der Waals surface area contributed by atoms with E-state index in [0.717, 1.165) is 20.9 Å². The molecule has 66 valence electrons. The lowest BCUT2D eigenvalue weighted by molar-refractivity contribution is 1.68. The summed E-state index contributed by atoms with van der Waals surface area (Å²) in [7, 11) is 0. The number of nitrogen functional groups attached to an aromatic ring is 2. The maximum absolute atomic E-state index is 5.83. The van der Waals surface area contributed by atoms with E-state index in [4.69, 9.17) is 11.5 Å². The highest BCUT2D eigenvalue weighted by molar-refractivity contribution is 9.10. The van der Waals surface area contributed by atoms with E-state index in [2.05, 4.69) is 15.9 Å². The lowest BCUT2D eigenvalue weighted by Gasteiger charge is -2.05. The van der Waals surface area contributed by atoms with Crippen molar-refractivity contribution < 1.29 is 0 Å². The summed E-state index contributed by atoms with van der Waals surface area (Å²) in [5, 5.41) is 2.09. The Morgan fingerprint density at radius 3 is 2.54 bits per heavy atom. The first-order valence-electron chi connectivity index (χ1n) is 3.92. The van der Waals surface area contributed by atoms with Crippen molar-refractivity contribution in [1.29, 1.82) is 0 Å². The first kappa shape index (κ1) is 8.38. The van der Waals surface area contributed by atoms with Gasteiger partial charge in [-0.15, -0.1) is 0 Å². The van der Waals surface area contributed by atoms with E-state index >= 15 is 0 Å². The molecule has 0 fully saturated rings. The quantitative estimate of drug-likeness (QED) is 0.692. The summed E-state index contributed by atoms with van der Waals surface area (Å²) in [4.78, 5) is 0. The van der Waals surface area contributed by atoms with Crippen LogP contribution in [0.5, 0.6) is 0 Å². The van der Waals surface area contributed by atoms with Crippen LogP contribution >= 0.6 is 15.9 Å². The molecule has 0 aliphatic rings. The molecule has 0 radical (unpaired) electrons. The number of halogens is 1. The minimum atomic E-state index is 0.692. The topological polar surface area (TPSA) is 52.0 Å². The summed E-state index contributed by atoms with van der Waals surface area (Å²) in [5.74, 6) is 0. The molecule has 0 aliphatic heterocycles. The molecular formula is C10H9BrN2. The van der Waals surface area contributed by atoms with E-state index in [1.807, 2.05) is 24.3 Å². The third-order valence-electron chi connectivity index (χ3n) is 2.00. The highest BCUT2D eigenvalue weighted by Crippen LogP contribution is 2.29. The maximum atomic E-state index is 5.83. The standard InChI is InChI=1S/C10H9BrN2/c11-9-3-1-2-7-8(9)4-6(12)5-10(7)13/h1-5H,12-13H2. The van der Waals surface area contributed by atoms with Gasteiger partial charge >= 0.3 is 0 Å². The van der Waals surface area contributed by atoms with Crippen molar-refractivity contribution in [3.8, 4) is 0 Å². The number of fused-ring (bicyclic) bond motifs is 1. The predicted octanol–water partition coefficient (Wildman–Crippen LogP) is 2.77. The molecule has 3 heteroatoms. The molecule has 0 atom stereocenters. The van der Waals surface area contributed by atoms with Gasteiger partial charge in [0.1, 0.15) is 0 Å². The summed E-state index contributed by atoms with van der Waals surface area (Å²) in [6.45, 7) is 0. The van der Waals surface area contributed by atoms with Crippen molar-refractivity contribution in [1.82, 2.24) is 0 Å². The summed E-state index contributed by atoms with van der Waals surface area (Å²) < 4.78 is 1.02. The van der Waals surface area contributed by atoms with Gasteiger partial charge in [0.2, 0.25) is 0 Å². The fraction of sp³-hybridized carbons (Fsp3) is 0. The van der Waals surface area contributed by atoms with Crippen LogP contribution in [0.1, 0.15) is 0 Å². The zero-order valence-corrected chi connectivity index (χ0v) is 8.51. The monoisotopic (exact) mass is 236 g/mol. The van der Waals surface area contributed by atoms with Crippen molar-refractivity contribution in [2.45, 2.75) is 0 Å².